The molecule has 2 aliphatic rings. The lowest BCUT2D eigenvalue weighted by atomic mass is 9.95. The van der Waals surface area contributed by atoms with Crippen LogP contribution < -0.4 is 10.9 Å². The van der Waals surface area contributed by atoms with Gasteiger partial charge in [-0.05, 0) is 42.3 Å². The van der Waals surface area contributed by atoms with Crippen LogP contribution in [0.5, 0.6) is 0 Å². The van der Waals surface area contributed by atoms with Gasteiger partial charge in [-0.25, -0.2) is 0 Å². The average molecular weight is 441 g/mol. The lowest BCUT2D eigenvalue weighted by molar-refractivity contribution is -0.136. The van der Waals surface area contributed by atoms with E-state index in [0.717, 1.165) is 18.5 Å². The first-order valence-corrected chi connectivity index (χ1v) is 12.1. The second-order valence-corrected chi connectivity index (χ2v) is 9.56. The molecule has 0 saturated carbocycles. The number of benzene rings is 1. The topological polar surface area (TPSA) is 64.7 Å². The van der Waals surface area contributed by atoms with Crippen molar-refractivity contribution in [1.82, 2.24) is 20.7 Å². The van der Waals surface area contributed by atoms with Gasteiger partial charge in [0.05, 0.1) is 11.8 Å². The van der Waals surface area contributed by atoms with Crippen molar-refractivity contribution in [1.29, 1.82) is 0 Å². The summed E-state index contributed by atoms with van der Waals surface area (Å²) in [6.07, 6.45) is 1.58. The summed E-state index contributed by atoms with van der Waals surface area (Å²) in [5.41, 5.74) is 8.56. The van der Waals surface area contributed by atoms with E-state index in [9.17, 15) is 9.59 Å². The van der Waals surface area contributed by atoms with Crippen LogP contribution in [0.4, 0.5) is 0 Å². The number of hydrogen-bond donors (Lipinski definition) is 2. The number of hydrazine groups is 1. The van der Waals surface area contributed by atoms with Gasteiger partial charge in [0.1, 0.15) is 0 Å². The fourth-order valence-corrected chi connectivity index (χ4v) is 5.33. The smallest absolute Gasteiger partial charge is 0.228 e. The van der Waals surface area contributed by atoms with E-state index >= 15 is 0 Å². The Morgan fingerprint density at radius 3 is 2.81 bits per heavy atom. The molecule has 0 aliphatic carbocycles. The number of carbonyl (C=O) groups excluding carboxylic acids is 2. The van der Waals surface area contributed by atoms with Crippen molar-refractivity contribution in [3.8, 4) is 10.4 Å². The van der Waals surface area contributed by atoms with Crippen molar-refractivity contribution >= 4 is 23.2 Å². The Bertz CT molecular complexity index is 901. The number of nitrogens with zero attached hydrogens (tertiary/aromatic N) is 2. The Morgan fingerprint density at radius 2 is 2.10 bits per heavy atom. The van der Waals surface area contributed by atoms with E-state index < -0.39 is 0 Å². The molecule has 2 fully saturated rings. The Morgan fingerprint density at radius 1 is 1.23 bits per heavy atom. The molecule has 1 aromatic carbocycles. The number of rotatable bonds is 6. The van der Waals surface area contributed by atoms with Crippen molar-refractivity contribution in [3.05, 3.63) is 47.3 Å². The summed E-state index contributed by atoms with van der Waals surface area (Å²) in [4.78, 5) is 31.7. The number of nitrogens with one attached hydrogen (secondary N) is 2. The van der Waals surface area contributed by atoms with E-state index in [-0.39, 0.29) is 29.7 Å². The third-order valence-electron chi connectivity index (χ3n) is 6.33. The van der Waals surface area contributed by atoms with Gasteiger partial charge in [0.15, 0.2) is 0 Å². The van der Waals surface area contributed by atoms with Crippen LogP contribution in [0.2, 0.25) is 0 Å². The van der Waals surface area contributed by atoms with Gasteiger partial charge in [0.2, 0.25) is 11.8 Å². The second kappa shape index (κ2) is 9.94. The summed E-state index contributed by atoms with van der Waals surface area (Å²) in [5, 5.41) is 2.08. The van der Waals surface area contributed by atoms with Crippen LogP contribution in [0.3, 0.4) is 0 Å². The minimum atomic E-state index is -0.214. The molecule has 3 unspecified atom stereocenters. The Hall–Kier alpha value is -2.22. The van der Waals surface area contributed by atoms with Crippen LogP contribution in [0.15, 0.2) is 41.8 Å². The van der Waals surface area contributed by atoms with E-state index in [1.165, 1.54) is 10.4 Å². The maximum absolute atomic E-state index is 13.4. The first-order chi connectivity index (χ1) is 15.1. The lowest BCUT2D eigenvalue weighted by Gasteiger charge is -2.27. The summed E-state index contributed by atoms with van der Waals surface area (Å²) >= 11 is 1.72. The molecule has 3 heterocycles. The van der Waals surface area contributed by atoms with E-state index in [1.54, 1.807) is 11.3 Å². The molecule has 3 atom stereocenters. The zero-order chi connectivity index (χ0) is 21.8. The van der Waals surface area contributed by atoms with Crippen LogP contribution in [-0.2, 0) is 16.0 Å². The van der Waals surface area contributed by atoms with Gasteiger partial charge in [-0.3, -0.25) is 20.4 Å². The highest BCUT2D eigenvalue weighted by Gasteiger charge is 2.37. The first-order valence-electron chi connectivity index (χ1n) is 11.3. The van der Waals surface area contributed by atoms with Gasteiger partial charge < -0.3 is 9.80 Å². The monoisotopic (exact) mass is 440 g/mol. The second-order valence-electron chi connectivity index (χ2n) is 8.61. The molecule has 1 aromatic heterocycles. The van der Waals surface area contributed by atoms with E-state index in [2.05, 4.69) is 59.6 Å². The zero-order valence-electron chi connectivity index (χ0n) is 18.3. The number of amides is 2. The molecule has 31 heavy (non-hydrogen) atoms. The molecule has 4 rings (SSSR count). The maximum atomic E-state index is 13.4. The molecular weight excluding hydrogens is 408 g/mol. The summed E-state index contributed by atoms with van der Waals surface area (Å²) in [7, 11) is 0. The summed E-state index contributed by atoms with van der Waals surface area (Å²) in [6.45, 7) is 7.22. The minimum Gasteiger partial charge on any atom is -0.341 e. The zero-order valence-corrected chi connectivity index (χ0v) is 19.2. The molecule has 0 spiro atoms. The van der Waals surface area contributed by atoms with Crippen LogP contribution in [0.1, 0.15) is 25.8 Å². The number of hydrogen-bond acceptors (Lipinski definition) is 5. The molecular formula is C24H32N4O2S. The van der Waals surface area contributed by atoms with Crippen LogP contribution in [0, 0.1) is 11.8 Å². The molecule has 7 heteroatoms. The molecule has 0 radical (unpaired) electrons. The molecule has 2 aromatic rings. The minimum absolute atomic E-state index is 0.0874. The third kappa shape index (κ3) is 5.00. The number of carbonyl (C=O) groups is 2. The van der Waals surface area contributed by atoms with Crippen LogP contribution in [0.25, 0.3) is 10.4 Å². The normalized spacial score (nSPS) is 24.5. The lowest BCUT2D eigenvalue weighted by Crippen LogP contribution is -2.44. The first kappa shape index (κ1) is 22.0. The molecule has 0 bridgehead atoms. The molecule has 6 nitrogen and oxygen atoms in total. The summed E-state index contributed by atoms with van der Waals surface area (Å²) in [6, 6.07) is 12.7. The van der Waals surface area contributed by atoms with E-state index in [0.29, 0.717) is 32.6 Å². The SMILES string of the molecule is CCCN1CCN(C(=O)C2CNNC2C)CC(Cc2cccc(-c3cccs3)c2)C1=O. The van der Waals surface area contributed by atoms with Crippen LogP contribution in [-0.4, -0.2) is 60.4 Å². The van der Waals surface area contributed by atoms with E-state index in [1.807, 2.05) is 16.7 Å². The molecule has 166 valence electrons. The van der Waals surface area contributed by atoms with Crippen molar-refractivity contribution in [2.24, 2.45) is 11.8 Å². The predicted octanol–water partition coefficient (Wildman–Crippen LogP) is 2.77. The van der Waals surface area contributed by atoms with Gasteiger partial charge in [0, 0.05) is 43.6 Å². The molecule has 2 aliphatic heterocycles. The van der Waals surface area contributed by atoms with Crippen molar-refractivity contribution in [2.75, 3.05) is 32.7 Å². The van der Waals surface area contributed by atoms with Crippen LogP contribution >= 0.6 is 11.3 Å². The summed E-state index contributed by atoms with van der Waals surface area (Å²) in [5.74, 6) is 0.0210. The average Bonchev–Trinajstić information content (AvgIpc) is 3.43. The fraction of sp³-hybridized carbons (Fsp3) is 0.500. The van der Waals surface area contributed by atoms with Gasteiger partial charge in [0.25, 0.3) is 0 Å². The Kier molecular flexibility index (Phi) is 7.05. The highest BCUT2D eigenvalue weighted by Crippen LogP contribution is 2.27. The molecule has 2 N–H and O–H groups in total. The van der Waals surface area contributed by atoms with Crippen molar-refractivity contribution in [3.63, 3.8) is 0 Å². The molecule has 2 amide bonds. The Balaban J connectivity index is 1.55. The summed E-state index contributed by atoms with van der Waals surface area (Å²) < 4.78 is 0. The fourth-order valence-electron chi connectivity index (χ4n) is 4.61. The highest BCUT2D eigenvalue weighted by atomic mass is 32.1. The third-order valence-corrected chi connectivity index (χ3v) is 7.25. The van der Waals surface area contributed by atoms with Gasteiger partial charge in [-0.15, -0.1) is 11.3 Å². The quantitative estimate of drug-likeness (QED) is 0.725. The largest absolute Gasteiger partial charge is 0.341 e. The van der Waals surface area contributed by atoms with E-state index in [4.69, 9.17) is 0 Å². The van der Waals surface area contributed by atoms with Gasteiger partial charge >= 0.3 is 0 Å². The molecule has 2 saturated heterocycles. The highest BCUT2D eigenvalue weighted by molar-refractivity contribution is 7.13. The predicted molar refractivity (Wildman–Crippen MR) is 124 cm³/mol. The Labute approximate surface area is 188 Å². The standard InChI is InChI=1S/C24H32N4O2S/c1-3-9-27-10-11-28(24(30)21-15-25-26-17(21)2)16-20(23(27)29)14-18-6-4-7-19(13-18)22-8-5-12-31-22/h4-8,12-13,17,20-21,25-26H,3,9-11,14-16H2,1-2H3. The van der Waals surface area contributed by atoms with Gasteiger partial charge in [-0.2, -0.15) is 0 Å². The van der Waals surface area contributed by atoms with Crippen molar-refractivity contribution < 1.29 is 9.59 Å². The number of thiophene rings is 1. The van der Waals surface area contributed by atoms with Gasteiger partial charge in [-0.1, -0.05) is 37.3 Å². The van der Waals surface area contributed by atoms with Crippen molar-refractivity contribution in [2.45, 2.75) is 32.7 Å². The maximum Gasteiger partial charge on any atom is 0.228 e.